The number of para-hydroxylation sites is 1. The summed E-state index contributed by atoms with van der Waals surface area (Å²) in [5.74, 6) is 0. The van der Waals surface area contributed by atoms with Crippen molar-refractivity contribution in [3.63, 3.8) is 0 Å². The number of benzene rings is 1. The van der Waals surface area contributed by atoms with Crippen LogP contribution in [0.25, 0.3) is 5.52 Å². The van der Waals surface area contributed by atoms with Crippen molar-refractivity contribution in [3.8, 4) is 0 Å². The van der Waals surface area contributed by atoms with E-state index in [4.69, 9.17) is 11.6 Å². The normalized spacial score (nSPS) is 10.8. The van der Waals surface area contributed by atoms with Crippen LogP contribution in [0, 0.1) is 0 Å². The van der Waals surface area contributed by atoms with Gasteiger partial charge in [0.15, 0.2) is 0 Å². The number of nitrogens with zero attached hydrogens (tertiary/aromatic N) is 3. The van der Waals surface area contributed by atoms with Gasteiger partial charge in [-0.2, -0.15) is 5.10 Å². The molecule has 0 aliphatic rings. The minimum absolute atomic E-state index is 0.0500. The molecule has 0 saturated carbocycles. The van der Waals surface area contributed by atoms with Crippen molar-refractivity contribution in [2.75, 3.05) is 11.9 Å². The topological polar surface area (TPSA) is 51.3 Å². The Balaban J connectivity index is 1.73. The van der Waals surface area contributed by atoms with Gasteiger partial charge < -0.3 is 9.88 Å². The van der Waals surface area contributed by atoms with E-state index in [2.05, 4.69) is 10.4 Å². The summed E-state index contributed by atoms with van der Waals surface area (Å²) < 4.78 is 3.22. The molecule has 2 aromatic heterocycles. The van der Waals surface area contributed by atoms with Crippen LogP contribution in [-0.4, -0.2) is 20.7 Å². The van der Waals surface area contributed by atoms with Gasteiger partial charge >= 0.3 is 0 Å². The quantitative estimate of drug-likeness (QED) is 0.801. The van der Waals surface area contributed by atoms with E-state index in [1.165, 1.54) is 0 Å². The Morgan fingerprint density at radius 1 is 1.20 bits per heavy atom. The second kappa shape index (κ2) is 5.38. The van der Waals surface area contributed by atoms with E-state index in [9.17, 15) is 4.79 Å². The highest BCUT2D eigenvalue weighted by molar-refractivity contribution is 6.33. The first kappa shape index (κ1) is 12.7. The zero-order chi connectivity index (χ0) is 13.9. The summed E-state index contributed by atoms with van der Waals surface area (Å²) in [5, 5.41) is 7.92. The fourth-order valence-corrected chi connectivity index (χ4v) is 2.26. The standard InChI is InChI=1S/C14H13ClN4O/c15-11-3-1-2-4-12(11)16-7-8-18-9-10-19-13(14(18)20)5-6-17-19/h1-6,9-10,16H,7-8H2. The molecule has 0 amide bonds. The summed E-state index contributed by atoms with van der Waals surface area (Å²) in [6, 6.07) is 9.24. The average molecular weight is 289 g/mol. The third-order valence-corrected chi connectivity index (χ3v) is 3.41. The van der Waals surface area contributed by atoms with Gasteiger partial charge in [0.1, 0.15) is 5.52 Å². The largest absolute Gasteiger partial charge is 0.382 e. The molecule has 2 heterocycles. The Kier molecular flexibility index (Phi) is 3.43. The molecule has 0 radical (unpaired) electrons. The Hall–Kier alpha value is -2.27. The van der Waals surface area contributed by atoms with Crippen molar-refractivity contribution in [1.82, 2.24) is 14.2 Å². The molecule has 0 atom stereocenters. The van der Waals surface area contributed by atoms with Gasteiger partial charge in [-0.3, -0.25) is 4.79 Å². The maximum Gasteiger partial charge on any atom is 0.276 e. The van der Waals surface area contributed by atoms with E-state index in [1.807, 2.05) is 24.3 Å². The molecular formula is C14H13ClN4O. The Morgan fingerprint density at radius 2 is 2.05 bits per heavy atom. The number of rotatable bonds is 4. The summed E-state index contributed by atoms with van der Waals surface area (Å²) in [4.78, 5) is 12.1. The highest BCUT2D eigenvalue weighted by Crippen LogP contribution is 2.19. The fraction of sp³-hybridized carbons (Fsp3) is 0.143. The molecule has 6 heteroatoms. The van der Waals surface area contributed by atoms with E-state index < -0.39 is 0 Å². The molecule has 3 rings (SSSR count). The van der Waals surface area contributed by atoms with Crippen LogP contribution in [-0.2, 0) is 6.54 Å². The maximum atomic E-state index is 12.1. The minimum atomic E-state index is -0.0500. The number of halogens is 1. The number of hydrogen-bond donors (Lipinski definition) is 1. The molecule has 0 fully saturated rings. The van der Waals surface area contributed by atoms with Crippen molar-refractivity contribution in [3.05, 3.63) is 64.3 Å². The van der Waals surface area contributed by atoms with E-state index in [0.29, 0.717) is 23.6 Å². The lowest BCUT2D eigenvalue weighted by molar-refractivity contribution is 0.688. The second-order valence-electron chi connectivity index (χ2n) is 4.36. The molecule has 1 N–H and O–H groups in total. The van der Waals surface area contributed by atoms with Crippen LogP contribution >= 0.6 is 11.6 Å². The van der Waals surface area contributed by atoms with E-state index >= 15 is 0 Å². The summed E-state index contributed by atoms with van der Waals surface area (Å²) in [7, 11) is 0. The summed E-state index contributed by atoms with van der Waals surface area (Å²) >= 11 is 6.06. The van der Waals surface area contributed by atoms with Crippen molar-refractivity contribution in [2.45, 2.75) is 6.54 Å². The molecule has 1 aromatic carbocycles. The van der Waals surface area contributed by atoms with Crippen LogP contribution in [0.5, 0.6) is 0 Å². The van der Waals surface area contributed by atoms with Gasteiger partial charge in [0.2, 0.25) is 0 Å². The predicted molar refractivity (Wildman–Crippen MR) is 79.4 cm³/mol. The lowest BCUT2D eigenvalue weighted by Crippen LogP contribution is -2.24. The number of nitrogens with one attached hydrogen (secondary N) is 1. The van der Waals surface area contributed by atoms with E-state index in [0.717, 1.165) is 5.69 Å². The van der Waals surface area contributed by atoms with Gasteiger partial charge in [-0.15, -0.1) is 0 Å². The maximum absolute atomic E-state index is 12.1. The van der Waals surface area contributed by atoms with Gasteiger partial charge in [-0.25, -0.2) is 4.52 Å². The average Bonchev–Trinajstić information content (AvgIpc) is 2.93. The van der Waals surface area contributed by atoms with Gasteiger partial charge in [0.05, 0.1) is 16.9 Å². The molecule has 0 aliphatic heterocycles. The molecule has 5 nitrogen and oxygen atoms in total. The predicted octanol–water partition coefficient (Wildman–Crippen LogP) is 2.26. The zero-order valence-electron chi connectivity index (χ0n) is 10.7. The van der Waals surface area contributed by atoms with E-state index in [1.54, 1.807) is 33.7 Å². The molecule has 102 valence electrons. The van der Waals surface area contributed by atoms with Crippen molar-refractivity contribution in [1.29, 1.82) is 0 Å². The van der Waals surface area contributed by atoms with Gasteiger partial charge in [-0.1, -0.05) is 23.7 Å². The monoisotopic (exact) mass is 288 g/mol. The van der Waals surface area contributed by atoms with Gasteiger partial charge in [0, 0.05) is 25.5 Å². The number of hydrogen-bond acceptors (Lipinski definition) is 3. The summed E-state index contributed by atoms with van der Waals surface area (Å²) in [5.41, 5.74) is 1.39. The molecule has 0 aliphatic carbocycles. The molecule has 0 unspecified atom stereocenters. The summed E-state index contributed by atoms with van der Waals surface area (Å²) in [6.45, 7) is 1.18. The Morgan fingerprint density at radius 3 is 2.90 bits per heavy atom. The van der Waals surface area contributed by atoms with Crippen molar-refractivity contribution < 1.29 is 0 Å². The minimum Gasteiger partial charge on any atom is -0.382 e. The van der Waals surface area contributed by atoms with Crippen LogP contribution in [0.1, 0.15) is 0 Å². The lowest BCUT2D eigenvalue weighted by atomic mass is 10.3. The SMILES string of the molecule is O=c1c2ccnn2ccn1CCNc1ccccc1Cl. The van der Waals surface area contributed by atoms with Crippen LogP contribution in [0.4, 0.5) is 5.69 Å². The highest BCUT2D eigenvalue weighted by Gasteiger charge is 2.03. The Labute approximate surface area is 120 Å². The molecular weight excluding hydrogens is 276 g/mol. The van der Waals surface area contributed by atoms with Crippen LogP contribution in [0.15, 0.2) is 53.7 Å². The first-order valence-electron chi connectivity index (χ1n) is 6.27. The van der Waals surface area contributed by atoms with Crippen LogP contribution < -0.4 is 10.9 Å². The number of aromatic nitrogens is 3. The first-order chi connectivity index (χ1) is 9.75. The van der Waals surface area contributed by atoms with Crippen LogP contribution in [0.2, 0.25) is 5.02 Å². The third kappa shape index (κ3) is 2.40. The van der Waals surface area contributed by atoms with Gasteiger partial charge in [0.25, 0.3) is 5.56 Å². The first-order valence-corrected chi connectivity index (χ1v) is 6.65. The Bertz CT molecular complexity index is 793. The molecule has 3 aromatic rings. The number of fused-ring (bicyclic) bond motifs is 1. The molecule has 20 heavy (non-hydrogen) atoms. The summed E-state index contributed by atoms with van der Waals surface area (Å²) in [6.07, 6.45) is 5.12. The van der Waals surface area contributed by atoms with Crippen molar-refractivity contribution >= 4 is 22.8 Å². The smallest absolute Gasteiger partial charge is 0.276 e. The van der Waals surface area contributed by atoms with Gasteiger partial charge in [-0.05, 0) is 18.2 Å². The second-order valence-corrected chi connectivity index (χ2v) is 4.77. The molecule has 0 bridgehead atoms. The fourth-order valence-electron chi connectivity index (χ4n) is 2.05. The highest BCUT2D eigenvalue weighted by atomic mass is 35.5. The molecule has 0 spiro atoms. The number of anilines is 1. The third-order valence-electron chi connectivity index (χ3n) is 3.08. The van der Waals surface area contributed by atoms with Crippen molar-refractivity contribution in [2.24, 2.45) is 0 Å². The zero-order valence-corrected chi connectivity index (χ0v) is 11.4. The molecule has 0 saturated heterocycles. The van der Waals surface area contributed by atoms with E-state index in [-0.39, 0.29) is 5.56 Å². The van der Waals surface area contributed by atoms with Crippen LogP contribution in [0.3, 0.4) is 0 Å². The lowest BCUT2D eigenvalue weighted by Gasteiger charge is -2.09.